The Bertz CT molecular complexity index is 66.0. The molecule has 1 N–H and O–H groups in total. The van der Waals surface area contributed by atoms with Crippen molar-refractivity contribution < 1.29 is 9.32 Å². The summed E-state index contributed by atoms with van der Waals surface area (Å²) in [6.45, 7) is 2.48. The van der Waals surface area contributed by atoms with Gasteiger partial charge in [0.05, 0.1) is 0 Å². The highest BCUT2D eigenvalue weighted by Crippen LogP contribution is 1.89. The van der Waals surface area contributed by atoms with Crippen LogP contribution in [0.1, 0.15) is 26.2 Å². The van der Waals surface area contributed by atoms with E-state index in [0.717, 1.165) is 12.8 Å². The van der Waals surface area contributed by atoms with Gasteiger partial charge in [-0.05, 0) is 6.42 Å². The normalized spacial score (nSPS) is 8.90. The third-order valence-electron chi connectivity index (χ3n) is 0.762. The zero-order valence-corrected chi connectivity index (χ0v) is 7.91. The van der Waals surface area contributed by atoms with Crippen LogP contribution >= 0.6 is 0 Å². The number of aliphatic hydroxyl groups excluding tert-OH is 1. The van der Waals surface area contributed by atoms with Crippen LogP contribution in [0.2, 0.25) is 0 Å². The number of rotatable bonds is 3. The van der Waals surface area contributed by atoms with E-state index in [1.54, 1.807) is 12.5 Å². The fourth-order valence-corrected chi connectivity index (χ4v) is 0.362. The lowest BCUT2D eigenvalue weighted by Gasteiger charge is -1.85. The van der Waals surface area contributed by atoms with E-state index in [2.05, 4.69) is 6.92 Å². The van der Waals surface area contributed by atoms with Crippen molar-refractivity contribution in [3.8, 4) is 0 Å². The summed E-state index contributed by atoms with van der Waals surface area (Å²) in [6, 6.07) is 0. The van der Waals surface area contributed by atoms with Gasteiger partial charge in [-0.3, -0.25) is 4.21 Å². The van der Waals surface area contributed by atoms with Crippen LogP contribution in [-0.4, -0.2) is 28.4 Å². The van der Waals surface area contributed by atoms with Crippen molar-refractivity contribution >= 4 is 10.8 Å². The van der Waals surface area contributed by atoms with E-state index in [4.69, 9.17) is 5.11 Å². The minimum Gasteiger partial charge on any atom is -0.396 e. The lowest BCUT2D eigenvalue weighted by atomic mass is 10.3. The van der Waals surface area contributed by atoms with Crippen LogP contribution < -0.4 is 0 Å². The van der Waals surface area contributed by atoms with Crippen molar-refractivity contribution in [1.29, 1.82) is 0 Å². The van der Waals surface area contributed by atoms with E-state index >= 15 is 0 Å². The number of aliphatic hydroxyl groups is 1. The Labute approximate surface area is 66.1 Å². The third kappa shape index (κ3) is 42.4. The van der Waals surface area contributed by atoms with Gasteiger partial charge in [0.1, 0.15) is 0 Å². The van der Waals surface area contributed by atoms with Gasteiger partial charge in [-0.1, -0.05) is 19.8 Å². The lowest BCUT2D eigenvalue weighted by molar-refractivity contribution is 0.284. The molecule has 0 spiro atoms. The highest BCUT2D eigenvalue weighted by molar-refractivity contribution is 7.83. The van der Waals surface area contributed by atoms with Gasteiger partial charge in [0.2, 0.25) is 0 Å². The highest BCUT2D eigenvalue weighted by atomic mass is 32.2. The van der Waals surface area contributed by atoms with E-state index in [-0.39, 0.29) is 0 Å². The fourth-order valence-electron chi connectivity index (χ4n) is 0.362. The van der Waals surface area contributed by atoms with E-state index in [0.29, 0.717) is 6.61 Å². The fraction of sp³-hybridized carbons (Fsp3) is 1.00. The Morgan fingerprint density at radius 2 is 1.70 bits per heavy atom. The molecule has 0 unspecified atom stereocenters. The molecule has 0 amide bonds. The minimum absolute atomic E-state index is 0.355. The topological polar surface area (TPSA) is 37.3 Å². The van der Waals surface area contributed by atoms with Crippen LogP contribution in [0.25, 0.3) is 0 Å². The second-order valence-corrected chi connectivity index (χ2v) is 3.66. The van der Waals surface area contributed by atoms with Gasteiger partial charge in [-0.15, -0.1) is 0 Å². The summed E-state index contributed by atoms with van der Waals surface area (Å²) >= 11 is 0. The van der Waals surface area contributed by atoms with Gasteiger partial charge in [0.25, 0.3) is 0 Å². The standard InChI is InChI=1S/C5H12O.C2H6OS/c1-2-3-4-5-6;1-4(2)3/h6H,2-5H2,1H3;1-2H3. The molecule has 0 aromatic heterocycles. The van der Waals surface area contributed by atoms with Crippen molar-refractivity contribution in [1.82, 2.24) is 0 Å². The van der Waals surface area contributed by atoms with Gasteiger partial charge < -0.3 is 5.11 Å². The molecule has 0 fully saturated rings. The molecule has 0 saturated heterocycles. The average Bonchev–Trinajstić information content (AvgIpc) is 1.82. The minimum atomic E-state index is -0.611. The molecule has 0 heterocycles. The Balaban J connectivity index is 0. The van der Waals surface area contributed by atoms with Gasteiger partial charge in [-0.2, -0.15) is 0 Å². The van der Waals surface area contributed by atoms with E-state index in [1.165, 1.54) is 6.42 Å². The molecule has 0 aliphatic rings. The highest BCUT2D eigenvalue weighted by Gasteiger charge is 1.76. The Kier molecular flexibility index (Phi) is 15.1. The summed E-state index contributed by atoms with van der Waals surface area (Å²) < 4.78 is 9.56. The summed E-state index contributed by atoms with van der Waals surface area (Å²) in [4.78, 5) is 0. The van der Waals surface area contributed by atoms with E-state index in [9.17, 15) is 4.21 Å². The third-order valence-corrected chi connectivity index (χ3v) is 0.762. The first-order valence-electron chi connectivity index (χ1n) is 3.51. The van der Waals surface area contributed by atoms with Crippen molar-refractivity contribution in [3.63, 3.8) is 0 Å². The molecule has 0 aliphatic carbocycles. The summed E-state index contributed by atoms with van der Waals surface area (Å²) in [5.41, 5.74) is 0. The van der Waals surface area contributed by atoms with E-state index in [1.807, 2.05) is 0 Å². The lowest BCUT2D eigenvalue weighted by Crippen LogP contribution is -1.78. The zero-order valence-electron chi connectivity index (χ0n) is 7.09. The predicted octanol–water partition coefficient (Wildman–Crippen LogP) is 1.16. The van der Waals surface area contributed by atoms with Gasteiger partial charge in [0.15, 0.2) is 0 Å². The van der Waals surface area contributed by atoms with Gasteiger partial charge >= 0.3 is 0 Å². The molecule has 10 heavy (non-hydrogen) atoms. The second kappa shape index (κ2) is 11.9. The molecule has 0 radical (unpaired) electrons. The zero-order chi connectivity index (χ0) is 8.41. The molecular weight excluding hydrogens is 148 g/mol. The Morgan fingerprint density at radius 1 is 1.30 bits per heavy atom. The summed E-state index contributed by atoms with van der Waals surface area (Å²) in [7, 11) is -0.611. The molecule has 0 aliphatic heterocycles. The molecule has 2 nitrogen and oxygen atoms in total. The quantitative estimate of drug-likeness (QED) is 0.639. The summed E-state index contributed by atoms with van der Waals surface area (Å²) in [6.07, 6.45) is 6.60. The summed E-state index contributed by atoms with van der Waals surface area (Å²) in [5.74, 6) is 0. The molecule has 0 aromatic rings. The van der Waals surface area contributed by atoms with Crippen molar-refractivity contribution in [2.75, 3.05) is 19.1 Å². The molecule has 0 saturated carbocycles. The molecule has 3 heteroatoms. The van der Waals surface area contributed by atoms with E-state index < -0.39 is 10.8 Å². The molecule has 0 atom stereocenters. The van der Waals surface area contributed by atoms with Crippen molar-refractivity contribution in [2.24, 2.45) is 0 Å². The second-order valence-electron chi connectivity index (χ2n) is 2.17. The van der Waals surface area contributed by atoms with Crippen molar-refractivity contribution in [2.45, 2.75) is 26.2 Å². The van der Waals surface area contributed by atoms with Crippen LogP contribution in [0.5, 0.6) is 0 Å². The van der Waals surface area contributed by atoms with Gasteiger partial charge in [0, 0.05) is 29.9 Å². The predicted molar refractivity (Wildman–Crippen MR) is 46.6 cm³/mol. The Hall–Kier alpha value is 0.110. The monoisotopic (exact) mass is 166 g/mol. The SMILES string of the molecule is CCCCCO.CS(C)=O. The van der Waals surface area contributed by atoms with Crippen LogP contribution in [0.3, 0.4) is 0 Å². The first kappa shape index (κ1) is 12.8. The number of hydrogen-bond donors (Lipinski definition) is 1. The maximum Gasteiger partial charge on any atom is 0.0431 e. The van der Waals surface area contributed by atoms with Crippen molar-refractivity contribution in [3.05, 3.63) is 0 Å². The molecule has 0 aromatic carbocycles. The molecular formula is C7H18O2S. The maximum atomic E-state index is 9.56. The van der Waals surface area contributed by atoms with Crippen LogP contribution in [0.15, 0.2) is 0 Å². The van der Waals surface area contributed by atoms with Crippen LogP contribution in [0.4, 0.5) is 0 Å². The largest absolute Gasteiger partial charge is 0.396 e. The van der Waals surface area contributed by atoms with Crippen LogP contribution in [0, 0.1) is 0 Å². The first-order chi connectivity index (χ1) is 4.65. The molecule has 64 valence electrons. The molecule has 0 rings (SSSR count). The maximum absolute atomic E-state index is 9.56. The first-order valence-corrected chi connectivity index (χ1v) is 5.47. The average molecular weight is 166 g/mol. The Morgan fingerprint density at radius 3 is 1.80 bits per heavy atom. The van der Waals surface area contributed by atoms with Gasteiger partial charge in [-0.25, -0.2) is 0 Å². The number of unbranched alkanes of at least 4 members (excludes halogenated alkanes) is 2. The van der Waals surface area contributed by atoms with Crippen LogP contribution in [-0.2, 0) is 10.8 Å². The number of hydrogen-bond acceptors (Lipinski definition) is 2. The summed E-state index contributed by atoms with van der Waals surface area (Å²) in [5, 5.41) is 8.20. The molecule has 0 bridgehead atoms. The smallest absolute Gasteiger partial charge is 0.0431 e.